The first-order chi connectivity index (χ1) is 13.6. The number of ether oxygens (including phenoxy) is 3. The van der Waals surface area contributed by atoms with Crippen LogP contribution in [0.4, 0.5) is 0 Å². The van der Waals surface area contributed by atoms with E-state index in [9.17, 15) is 9.59 Å². The van der Waals surface area contributed by atoms with Gasteiger partial charge in [0.1, 0.15) is 23.9 Å². The van der Waals surface area contributed by atoms with Crippen LogP contribution in [-0.2, 0) is 4.79 Å². The summed E-state index contributed by atoms with van der Waals surface area (Å²) in [7, 11) is 0. The minimum Gasteiger partial charge on any atom is -0.494 e. The number of nitrogens with one attached hydrogen (secondary N) is 2. The molecule has 7 heteroatoms. The molecule has 0 heterocycles. The molecular weight excluding hydrogens is 360 g/mol. The van der Waals surface area contributed by atoms with Crippen LogP contribution in [0.1, 0.15) is 24.2 Å². The molecule has 0 aliphatic carbocycles. The first kappa shape index (κ1) is 21.1. The highest BCUT2D eigenvalue weighted by Gasteiger charge is 2.06. The smallest absolute Gasteiger partial charge is 0.257 e. The van der Waals surface area contributed by atoms with Crippen molar-refractivity contribution in [2.75, 3.05) is 32.9 Å². The Kier molecular flexibility index (Phi) is 8.65. The van der Waals surface area contributed by atoms with Crippen LogP contribution in [0.2, 0.25) is 0 Å². The van der Waals surface area contributed by atoms with Gasteiger partial charge < -0.3 is 24.8 Å². The number of carbonyl (C=O) groups is 2. The van der Waals surface area contributed by atoms with Crippen LogP contribution in [0.25, 0.3) is 0 Å². The Morgan fingerprint density at radius 1 is 0.786 bits per heavy atom. The third kappa shape index (κ3) is 7.19. The van der Waals surface area contributed by atoms with Gasteiger partial charge in [-0.05, 0) is 62.4 Å². The maximum atomic E-state index is 12.1. The number of hydrogen-bond acceptors (Lipinski definition) is 5. The second-order valence-corrected chi connectivity index (χ2v) is 5.78. The molecule has 150 valence electrons. The maximum absolute atomic E-state index is 12.1. The summed E-state index contributed by atoms with van der Waals surface area (Å²) in [6.07, 6.45) is 0. The molecule has 0 saturated heterocycles. The standard InChI is InChI=1S/C21H26N2O5/c1-3-22-20(24)15-28-19-7-5-16(6-8-19)21(25)23-13-14-27-18-11-9-17(10-12-18)26-4-2/h5-12H,3-4,13-15H2,1-2H3,(H,22,24)(H,23,25). The summed E-state index contributed by atoms with van der Waals surface area (Å²) >= 11 is 0. The molecule has 2 aromatic rings. The number of carbonyl (C=O) groups excluding carboxylic acids is 2. The minimum atomic E-state index is -0.203. The second kappa shape index (κ2) is 11.5. The highest BCUT2D eigenvalue weighted by Crippen LogP contribution is 2.17. The highest BCUT2D eigenvalue weighted by molar-refractivity contribution is 5.94. The van der Waals surface area contributed by atoms with Crippen LogP contribution in [0.15, 0.2) is 48.5 Å². The van der Waals surface area contributed by atoms with Crippen LogP contribution in [0.5, 0.6) is 17.2 Å². The van der Waals surface area contributed by atoms with Gasteiger partial charge in [-0.1, -0.05) is 0 Å². The van der Waals surface area contributed by atoms with E-state index < -0.39 is 0 Å². The van der Waals surface area contributed by atoms with E-state index in [-0.39, 0.29) is 18.4 Å². The molecule has 0 aliphatic heterocycles. The lowest BCUT2D eigenvalue weighted by molar-refractivity contribution is -0.122. The van der Waals surface area contributed by atoms with Crippen LogP contribution in [0, 0.1) is 0 Å². The first-order valence-corrected chi connectivity index (χ1v) is 9.25. The molecule has 0 bridgehead atoms. The first-order valence-electron chi connectivity index (χ1n) is 9.25. The quantitative estimate of drug-likeness (QED) is 0.579. The van der Waals surface area contributed by atoms with E-state index in [2.05, 4.69) is 10.6 Å². The summed E-state index contributed by atoms with van der Waals surface area (Å²) in [4.78, 5) is 23.5. The summed E-state index contributed by atoms with van der Waals surface area (Å²) < 4.78 is 16.3. The molecule has 0 aromatic heterocycles. The number of likely N-dealkylation sites (N-methyl/N-ethyl adjacent to an activating group) is 1. The Bertz CT molecular complexity index is 744. The topological polar surface area (TPSA) is 85.9 Å². The zero-order valence-electron chi connectivity index (χ0n) is 16.2. The molecule has 28 heavy (non-hydrogen) atoms. The van der Waals surface area contributed by atoms with Crippen molar-refractivity contribution < 1.29 is 23.8 Å². The van der Waals surface area contributed by atoms with E-state index in [1.165, 1.54) is 0 Å². The van der Waals surface area contributed by atoms with Crippen molar-refractivity contribution in [3.63, 3.8) is 0 Å². The normalized spacial score (nSPS) is 10.1. The van der Waals surface area contributed by atoms with Gasteiger partial charge in [0.2, 0.25) is 0 Å². The lowest BCUT2D eigenvalue weighted by Crippen LogP contribution is -2.28. The molecule has 0 radical (unpaired) electrons. The lowest BCUT2D eigenvalue weighted by Gasteiger charge is -2.09. The van der Waals surface area contributed by atoms with Crippen molar-refractivity contribution in [1.29, 1.82) is 0 Å². The fourth-order valence-corrected chi connectivity index (χ4v) is 2.33. The summed E-state index contributed by atoms with van der Waals surface area (Å²) in [6.45, 7) is 5.63. The average Bonchev–Trinajstić information content (AvgIpc) is 2.71. The fraction of sp³-hybridized carbons (Fsp3) is 0.333. The van der Waals surface area contributed by atoms with Gasteiger partial charge in [0.05, 0.1) is 13.2 Å². The summed E-state index contributed by atoms with van der Waals surface area (Å²) in [5.74, 6) is 1.65. The number of amides is 2. The predicted octanol–water partition coefficient (Wildman–Crippen LogP) is 2.41. The van der Waals surface area contributed by atoms with Gasteiger partial charge in [0, 0.05) is 12.1 Å². The minimum absolute atomic E-state index is 0.0533. The van der Waals surface area contributed by atoms with Gasteiger partial charge in [-0.3, -0.25) is 9.59 Å². The van der Waals surface area contributed by atoms with Crippen LogP contribution >= 0.6 is 0 Å². The van der Waals surface area contributed by atoms with E-state index in [1.54, 1.807) is 24.3 Å². The zero-order valence-corrected chi connectivity index (χ0v) is 16.2. The third-order valence-corrected chi connectivity index (χ3v) is 3.65. The average molecular weight is 386 g/mol. The SMILES string of the molecule is CCNC(=O)COc1ccc(C(=O)NCCOc2ccc(OCC)cc2)cc1. The van der Waals surface area contributed by atoms with Gasteiger partial charge >= 0.3 is 0 Å². The van der Waals surface area contributed by atoms with Crippen LogP contribution in [0.3, 0.4) is 0 Å². The van der Waals surface area contributed by atoms with E-state index >= 15 is 0 Å². The Morgan fingerprint density at radius 3 is 1.96 bits per heavy atom. The molecule has 2 aromatic carbocycles. The highest BCUT2D eigenvalue weighted by atomic mass is 16.5. The van der Waals surface area contributed by atoms with E-state index in [4.69, 9.17) is 14.2 Å². The number of rotatable bonds is 11. The summed E-state index contributed by atoms with van der Waals surface area (Å²) in [6, 6.07) is 13.9. The maximum Gasteiger partial charge on any atom is 0.257 e. The van der Waals surface area contributed by atoms with Gasteiger partial charge in [-0.15, -0.1) is 0 Å². The molecule has 0 saturated carbocycles. The fourth-order valence-electron chi connectivity index (χ4n) is 2.33. The van der Waals surface area contributed by atoms with Crippen molar-refractivity contribution in [1.82, 2.24) is 10.6 Å². The molecule has 0 fully saturated rings. The van der Waals surface area contributed by atoms with Gasteiger partial charge in [-0.2, -0.15) is 0 Å². The molecule has 2 N–H and O–H groups in total. The predicted molar refractivity (Wildman–Crippen MR) is 106 cm³/mol. The summed E-state index contributed by atoms with van der Waals surface area (Å²) in [5, 5.41) is 5.44. The Labute approximate surface area is 165 Å². The molecule has 0 spiro atoms. The molecule has 0 unspecified atom stereocenters. The van der Waals surface area contributed by atoms with Crippen molar-refractivity contribution in [3.05, 3.63) is 54.1 Å². The van der Waals surface area contributed by atoms with Crippen molar-refractivity contribution in [3.8, 4) is 17.2 Å². The second-order valence-electron chi connectivity index (χ2n) is 5.78. The molecule has 0 aliphatic rings. The van der Waals surface area contributed by atoms with Crippen LogP contribution < -0.4 is 24.8 Å². The largest absolute Gasteiger partial charge is 0.494 e. The molecule has 2 rings (SSSR count). The van der Waals surface area contributed by atoms with Gasteiger partial charge in [0.25, 0.3) is 11.8 Å². The van der Waals surface area contributed by atoms with Crippen LogP contribution in [-0.4, -0.2) is 44.7 Å². The number of hydrogen-bond donors (Lipinski definition) is 2. The Hall–Kier alpha value is -3.22. The zero-order chi connectivity index (χ0) is 20.2. The van der Waals surface area contributed by atoms with E-state index in [0.29, 0.717) is 43.4 Å². The molecular formula is C21H26N2O5. The van der Waals surface area contributed by atoms with E-state index in [1.807, 2.05) is 38.1 Å². The lowest BCUT2D eigenvalue weighted by atomic mass is 10.2. The van der Waals surface area contributed by atoms with Gasteiger partial charge in [-0.25, -0.2) is 0 Å². The van der Waals surface area contributed by atoms with Crippen molar-refractivity contribution in [2.45, 2.75) is 13.8 Å². The Balaban J connectivity index is 1.70. The number of benzene rings is 2. The van der Waals surface area contributed by atoms with E-state index in [0.717, 1.165) is 5.75 Å². The molecule has 7 nitrogen and oxygen atoms in total. The van der Waals surface area contributed by atoms with Crippen molar-refractivity contribution >= 4 is 11.8 Å². The van der Waals surface area contributed by atoms with Gasteiger partial charge in [0.15, 0.2) is 6.61 Å². The monoisotopic (exact) mass is 386 g/mol. The van der Waals surface area contributed by atoms with Crippen molar-refractivity contribution in [2.24, 2.45) is 0 Å². The molecule has 2 amide bonds. The third-order valence-electron chi connectivity index (χ3n) is 3.65. The molecule has 0 atom stereocenters. The Morgan fingerprint density at radius 2 is 1.36 bits per heavy atom. The summed E-state index contributed by atoms with van der Waals surface area (Å²) in [5.41, 5.74) is 0.506.